The molecule has 0 fully saturated rings. The van der Waals surface area contributed by atoms with Crippen LogP contribution in [0.1, 0.15) is 30.9 Å². The molecule has 0 aliphatic heterocycles. The van der Waals surface area contributed by atoms with Gasteiger partial charge in [-0.3, -0.25) is 6.08 Å². The van der Waals surface area contributed by atoms with E-state index in [0.29, 0.717) is 5.92 Å². The van der Waals surface area contributed by atoms with Crippen LogP contribution in [-0.4, -0.2) is 0 Å². The van der Waals surface area contributed by atoms with Crippen LogP contribution in [0.15, 0.2) is 24.3 Å². The van der Waals surface area contributed by atoms with Gasteiger partial charge < -0.3 is 7.43 Å². The molecule has 0 spiro atoms. The predicted octanol–water partition coefficient (Wildman–Crippen LogP) is 3.46. The quantitative estimate of drug-likeness (QED) is 0.616. The van der Waals surface area contributed by atoms with Gasteiger partial charge in [-0.05, 0) is 0 Å². The Balaban J connectivity index is 0.000000720. The topological polar surface area (TPSA) is 0 Å². The van der Waals surface area contributed by atoms with Crippen LogP contribution in [0, 0.1) is 13.5 Å². The minimum atomic E-state index is 0. The van der Waals surface area contributed by atoms with Crippen molar-refractivity contribution in [1.29, 1.82) is 0 Å². The maximum atomic E-state index is 3.40. The van der Waals surface area contributed by atoms with Gasteiger partial charge in [0.25, 0.3) is 0 Å². The second-order valence-corrected chi connectivity index (χ2v) is 3.08. The minimum absolute atomic E-state index is 0. The molecule has 0 amide bonds. The third kappa shape index (κ3) is 2.30. The zero-order valence-corrected chi connectivity index (χ0v) is 11.3. The molecular weight excluding hydrogens is 233 g/mol. The van der Waals surface area contributed by atoms with E-state index in [2.05, 4.69) is 44.2 Å². The van der Waals surface area contributed by atoms with Crippen LogP contribution in [0.3, 0.4) is 0 Å². The molecular formula is C12H14Y-2. The summed E-state index contributed by atoms with van der Waals surface area (Å²) in [4.78, 5) is 0. The van der Waals surface area contributed by atoms with E-state index >= 15 is 0 Å². The first kappa shape index (κ1) is 13.1. The van der Waals surface area contributed by atoms with Crippen molar-refractivity contribution in [3.63, 3.8) is 0 Å². The Morgan fingerprint density at radius 2 is 1.85 bits per heavy atom. The molecule has 1 atom stereocenters. The summed E-state index contributed by atoms with van der Waals surface area (Å²) < 4.78 is 0. The van der Waals surface area contributed by atoms with E-state index < -0.39 is 0 Å². The van der Waals surface area contributed by atoms with Gasteiger partial charge in [-0.15, -0.1) is 11.6 Å². The zero-order chi connectivity index (χ0) is 7.84. The number of benzene rings is 1. The van der Waals surface area contributed by atoms with Gasteiger partial charge in [-0.25, -0.2) is 5.57 Å². The van der Waals surface area contributed by atoms with E-state index in [4.69, 9.17) is 0 Å². The fourth-order valence-electron chi connectivity index (χ4n) is 1.70. The Morgan fingerprint density at radius 3 is 2.46 bits per heavy atom. The molecule has 0 saturated heterocycles. The van der Waals surface area contributed by atoms with E-state index in [1.54, 1.807) is 0 Å². The standard InChI is InChI=1S/C11H11.CH3.Y/c1-8-7-9(2)11-6-4-3-5-10(8)11;;/h3-6,8H,1-2H3;1H3;/q2*-1;. The summed E-state index contributed by atoms with van der Waals surface area (Å²) in [5, 5.41) is 0. The van der Waals surface area contributed by atoms with Crippen LogP contribution in [0.2, 0.25) is 0 Å². The summed E-state index contributed by atoms with van der Waals surface area (Å²) in [5.74, 6) is 0.492. The number of hydrogen-bond acceptors (Lipinski definition) is 0. The minimum Gasteiger partial charge on any atom is -0.358 e. The second-order valence-electron chi connectivity index (χ2n) is 3.08. The van der Waals surface area contributed by atoms with Crippen molar-refractivity contribution in [2.24, 2.45) is 0 Å². The number of hydrogen-bond donors (Lipinski definition) is 0. The van der Waals surface area contributed by atoms with Gasteiger partial charge >= 0.3 is 0 Å². The average Bonchev–Trinajstić information content (AvgIpc) is 2.30. The Kier molecular flexibility index (Phi) is 5.10. The molecule has 0 heterocycles. The molecule has 0 nitrogen and oxygen atoms in total. The van der Waals surface area contributed by atoms with Gasteiger partial charge in [0.15, 0.2) is 0 Å². The van der Waals surface area contributed by atoms with E-state index in [9.17, 15) is 0 Å². The first-order valence-corrected chi connectivity index (χ1v) is 3.98. The molecule has 2 rings (SSSR count). The summed E-state index contributed by atoms with van der Waals surface area (Å²) in [6, 6.07) is 8.53. The van der Waals surface area contributed by atoms with Gasteiger partial charge in [0.05, 0.1) is 0 Å². The maximum absolute atomic E-state index is 3.40. The number of fused-ring (bicyclic) bond motifs is 1. The summed E-state index contributed by atoms with van der Waals surface area (Å²) in [6.45, 7) is 4.32. The molecule has 0 saturated carbocycles. The van der Waals surface area contributed by atoms with Crippen molar-refractivity contribution in [1.82, 2.24) is 0 Å². The van der Waals surface area contributed by atoms with Crippen LogP contribution >= 0.6 is 0 Å². The zero-order valence-electron chi connectivity index (χ0n) is 8.46. The molecule has 1 aliphatic carbocycles. The third-order valence-electron chi connectivity index (χ3n) is 2.26. The average molecular weight is 247 g/mol. The van der Waals surface area contributed by atoms with Crippen molar-refractivity contribution in [2.45, 2.75) is 19.8 Å². The predicted molar refractivity (Wildman–Crippen MR) is 53.6 cm³/mol. The summed E-state index contributed by atoms with van der Waals surface area (Å²) in [5.41, 5.74) is 4.10. The van der Waals surface area contributed by atoms with Crippen LogP contribution in [0.5, 0.6) is 0 Å². The summed E-state index contributed by atoms with van der Waals surface area (Å²) in [7, 11) is 0. The largest absolute Gasteiger partial charge is 0.358 e. The number of allylic oxidation sites excluding steroid dienone is 2. The Morgan fingerprint density at radius 1 is 1.23 bits per heavy atom. The SMILES string of the molecule is CC1=[C-]C(C)c2ccccc21.[CH3-].[Y]. The van der Waals surface area contributed by atoms with Crippen LogP contribution in [-0.2, 0) is 32.7 Å². The van der Waals surface area contributed by atoms with E-state index in [1.807, 2.05) is 0 Å². The van der Waals surface area contributed by atoms with Gasteiger partial charge in [0.1, 0.15) is 0 Å². The number of rotatable bonds is 0. The second kappa shape index (κ2) is 5.07. The summed E-state index contributed by atoms with van der Waals surface area (Å²) in [6.07, 6.45) is 3.40. The van der Waals surface area contributed by atoms with Gasteiger partial charge in [-0.1, -0.05) is 38.0 Å². The van der Waals surface area contributed by atoms with Crippen molar-refractivity contribution in [3.05, 3.63) is 48.9 Å². The fraction of sp³-hybridized carbons (Fsp3) is 0.250. The molecule has 1 heteroatoms. The first-order chi connectivity index (χ1) is 5.29. The molecule has 1 radical (unpaired) electrons. The Bertz CT molecular complexity index is 313. The monoisotopic (exact) mass is 247 g/mol. The van der Waals surface area contributed by atoms with Gasteiger partial charge in [0.2, 0.25) is 0 Å². The van der Waals surface area contributed by atoms with E-state index in [1.165, 1.54) is 16.7 Å². The van der Waals surface area contributed by atoms with Crippen molar-refractivity contribution < 1.29 is 32.7 Å². The molecule has 1 unspecified atom stereocenters. The molecule has 0 bridgehead atoms. The van der Waals surface area contributed by atoms with E-state index in [0.717, 1.165) is 0 Å². The first-order valence-electron chi connectivity index (χ1n) is 3.98. The van der Waals surface area contributed by atoms with E-state index in [-0.39, 0.29) is 40.1 Å². The molecule has 1 aromatic carbocycles. The molecule has 1 aliphatic rings. The van der Waals surface area contributed by atoms with Crippen LogP contribution in [0.25, 0.3) is 5.57 Å². The van der Waals surface area contributed by atoms with Gasteiger partial charge in [0, 0.05) is 32.7 Å². The van der Waals surface area contributed by atoms with Crippen molar-refractivity contribution in [2.75, 3.05) is 0 Å². The molecule has 67 valence electrons. The third-order valence-corrected chi connectivity index (χ3v) is 2.26. The maximum Gasteiger partial charge on any atom is 0 e. The molecule has 0 N–H and O–H groups in total. The summed E-state index contributed by atoms with van der Waals surface area (Å²) >= 11 is 0. The smallest absolute Gasteiger partial charge is 0 e. The van der Waals surface area contributed by atoms with Gasteiger partial charge in [-0.2, -0.15) is 5.56 Å². The Hall–Kier alpha value is 0.0639. The Labute approximate surface area is 106 Å². The van der Waals surface area contributed by atoms with Crippen molar-refractivity contribution >= 4 is 5.57 Å². The van der Waals surface area contributed by atoms with Crippen LogP contribution in [0.4, 0.5) is 0 Å². The molecule has 0 aromatic heterocycles. The molecule has 13 heavy (non-hydrogen) atoms. The molecule has 1 aromatic rings. The normalized spacial score (nSPS) is 18.0. The van der Waals surface area contributed by atoms with Crippen LogP contribution < -0.4 is 0 Å². The van der Waals surface area contributed by atoms with Crippen molar-refractivity contribution in [3.8, 4) is 0 Å². The fourth-order valence-corrected chi connectivity index (χ4v) is 1.70.